The molecule has 1 aliphatic rings. The lowest BCUT2D eigenvalue weighted by Gasteiger charge is -2.32. The molecular formula is C14H18ClNO2. The second-order valence-corrected chi connectivity index (χ2v) is 4.98. The second-order valence-electron chi connectivity index (χ2n) is 4.67. The number of fused-ring (bicyclic) bond motifs is 1. The molecule has 0 fully saturated rings. The van der Waals surface area contributed by atoms with E-state index in [-0.39, 0.29) is 18.4 Å². The number of alkyl halides is 1. The van der Waals surface area contributed by atoms with E-state index in [1.165, 1.54) is 0 Å². The molecule has 1 aromatic rings. The van der Waals surface area contributed by atoms with Gasteiger partial charge in [0.15, 0.2) is 6.61 Å². The maximum Gasteiger partial charge on any atom is 0.265 e. The molecule has 1 heterocycles. The molecule has 0 bridgehead atoms. The van der Waals surface area contributed by atoms with Crippen molar-refractivity contribution in [1.82, 2.24) is 0 Å². The number of nitrogens with zero attached hydrogens (tertiary/aromatic N) is 1. The summed E-state index contributed by atoms with van der Waals surface area (Å²) in [5.74, 6) is 1.67. The molecule has 2 rings (SSSR count). The van der Waals surface area contributed by atoms with Crippen molar-refractivity contribution < 1.29 is 9.53 Å². The lowest BCUT2D eigenvalue weighted by Crippen LogP contribution is -2.41. The number of hydrogen-bond acceptors (Lipinski definition) is 2. The Hall–Kier alpha value is -1.22. The summed E-state index contributed by atoms with van der Waals surface area (Å²) in [5.41, 5.74) is 2.02. The van der Waals surface area contributed by atoms with Crippen LogP contribution in [-0.2, 0) is 11.2 Å². The van der Waals surface area contributed by atoms with Crippen molar-refractivity contribution in [2.45, 2.75) is 20.3 Å². The molecule has 0 radical (unpaired) electrons. The molecule has 98 valence electrons. The molecule has 0 saturated carbocycles. The van der Waals surface area contributed by atoms with Gasteiger partial charge < -0.3 is 9.64 Å². The van der Waals surface area contributed by atoms with E-state index in [9.17, 15) is 4.79 Å². The van der Waals surface area contributed by atoms with Crippen LogP contribution in [0, 0.1) is 5.92 Å². The van der Waals surface area contributed by atoms with Crippen LogP contribution in [0.3, 0.4) is 0 Å². The van der Waals surface area contributed by atoms with Crippen molar-refractivity contribution in [3.8, 4) is 5.75 Å². The van der Waals surface area contributed by atoms with Gasteiger partial charge >= 0.3 is 0 Å². The van der Waals surface area contributed by atoms with Crippen LogP contribution >= 0.6 is 11.6 Å². The fourth-order valence-electron chi connectivity index (χ4n) is 2.14. The van der Waals surface area contributed by atoms with Crippen molar-refractivity contribution in [2.75, 3.05) is 23.9 Å². The van der Waals surface area contributed by atoms with Crippen molar-refractivity contribution >= 4 is 23.2 Å². The van der Waals surface area contributed by atoms with Gasteiger partial charge in [0.05, 0.1) is 5.69 Å². The summed E-state index contributed by atoms with van der Waals surface area (Å²) >= 11 is 5.84. The molecule has 1 amide bonds. The minimum atomic E-state index is 0.00715. The maximum atomic E-state index is 12.0. The van der Waals surface area contributed by atoms with Crippen molar-refractivity contribution in [2.24, 2.45) is 5.92 Å². The summed E-state index contributed by atoms with van der Waals surface area (Å²) in [4.78, 5) is 13.8. The molecule has 4 heteroatoms. The summed E-state index contributed by atoms with van der Waals surface area (Å²) in [6.45, 7) is 4.89. The highest BCUT2D eigenvalue weighted by atomic mass is 35.5. The smallest absolute Gasteiger partial charge is 0.265 e. The van der Waals surface area contributed by atoms with E-state index in [0.717, 1.165) is 23.4 Å². The number of amides is 1. The number of ether oxygens (including phenoxy) is 1. The van der Waals surface area contributed by atoms with Crippen molar-refractivity contribution in [3.05, 3.63) is 23.8 Å². The minimum Gasteiger partial charge on any atom is -0.481 e. The first kappa shape index (κ1) is 13.2. The number of halogens is 1. The van der Waals surface area contributed by atoms with E-state index in [1.807, 2.05) is 25.1 Å². The monoisotopic (exact) mass is 267 g/mol. The van der Waals surface area contributed by atoms with Gasteiger partial charge in [-0.1, -0.05) is 26.0 Å². The van der Waals surface area contributed by atoms with E-state index in [2.05, 4.69) is 6.92 Å². The zero-order chi connectivity index (χ0) is 13.1. The average molecular weight is 268 g/mol. The first-order valence-corrected chi connectivity index (χ1v) is 6.81. The van der Waals surface area contributed by atoms with E-state index < -0.39 is 0 Å². The third kappa shape index (κ3) is 2.46. The van der Waals surface area contributed by atoms with Gasteiger partial charge in [0.25, 0.3) is 5.91 Å². The van der Waals surface area contributed by atoms with Crippen molar-refractivity contribution in [1.29, 1.82) is 0 Å². The SMILES string of the molecule is CCc1cccc2c1OCC(=O)N2C[C@@H](C)CCl. The van der Waals surface area contributed by atoms with Crippen LogP contribution in [0.1, 0.15) is 19.4 Å². The molecular weight excluding hydrogens is 250 g/mol. The molecule has 0 saturated heterocycles. The first-order chi connectivity index (χ1) is 8.67. The Labute approximate surface area is 113 Å². The Kier molecular flexibility index (Phi) is 4.12. The summed E-state index contributed by atoms with van der Waals surface area (Å²) in [6.07, 6.45) is 0.899. The molecule has 0 aliphatic carbocycles. The van der Waals surface area contributed by atoms with Crippen LogP contribution in [0.25, 0.3) is 0 Å². The van der Waals surface area contributed by atoms with Gasteiger partial charge in [-0.15, -0.1) is 11.6 Å². The Morgan fingerprint density at radius 1 is 1.50 bits per heavy atom. The molecule has 3 nitrogen and oxygen atoms in total. The molecule has 0 aromatic heterocycles. The summed E-state index contributed by atoms with van der Waals surface area (Å²) in [7, 11) is 0. The average Bonchev–Trinajstić information content (AvgIpc) is 2.40. The number of para-hydroxylation sites is 1. The third-order valence-corrected chi connectivity index (χ3v) is 3.67. The fraction of sp³-hybridized carbons (Fsp3) is 0.500. The third-order valence-electron chi connectivity index (χ3n) is 3.15. The van der Waals surface area contributed by atoms with Crippen LogP contribution in [-0.4, -0.2) is 24.9 Å². The van der Waals surface area contributed by atoms with Gasteiger partial charge in [0.1, 0.15) is 5.75 Å². The molecule has 0 unspecified atom stereocenters. The second kappa shape index (κ2) is 5.61. The minimum absolute atomic E-state index is 0.00715. The Balaban J connectivity index is 2.35. The van der Waals surface area contributed by atoms with E-state index in [4.69, 9.17) is 16.3 Å². The van der Waals surface area contributed by atoms with Gasteiger partial charge in [0, 0.05) is 12.4 Å². The number of anilines is 1. The highest BCUT2D eigenvalue weighted by Crippen LogP contribution is 2.35. The Morgan fingerprint density at radius 3 is 2.94 bits per heavy atom. The summed E-state index contributed by atoms with van der Waals surface area (Å²) in [5, 5.41) is 0. The fourth-order valence-corrected chi connectivity index (χ4v) is 2.23. The number of hydrogen-bond donors (Lipinski definition) is 0. The highest BCUT2D eigenvalue weighted by Gasteiger charge is 2.27. The summed E-state index contributed by atoms with van der Waals surface area (Å²) < 4.78 is 5.58. The van der Waals surface area contributed by atoms with Gasteiger partial charge in [-0.2, -0.15) is 0 Å². The molecule has 0 N–H and O–H groups in total. The van der Waals surface area contributed by atoms with Gasteiger partial charge in [0.2, 0.25) is 0 Å². The number of carbonyl (C=O) groups excluding carboxylic acids is 1. The van der Waals surface area contributed by atoms with Gasteiger partial charge in [-0.25, -0.2) is 0 Å². The van der Waals surface area contributed by atoms with Gasteiger partial charge in [-0.3, -0.25) is 4.79 Å². The quantitative estimate of drug-likeness (QED) is 0.785. The van der Waals surface area contributed by atoms with Crippen molar-refractivity contribution in [3.63, 3.8) is 0 Å². The largest absolute Gasteiger partial charge is 0.481 e. The standard InChI is InChI=1S/C14H18ClNO2/c1-3-11-5-4-6-12-14(11)18-9-13(17)16(12)8-10(2)7-15/h4-6,10H,3,7-9H2,1-2H3/t10-/m0/s1. The van der Waals surface area contributed by atoms with E-state index in [0.29, 0.717) is 12.4 Å². The number of rotatable bonds is 4. The zero-order valence-corrected chi connectivity index (χ0v) is 11.5. The molecule has 1 aromatic carbocycles. The lowest BCUT2D eigenvalue weighted by molar-refractivity contribution is -0.121. The van der Waals surface area contributed by atoms with Crippen LogP contribution in [0.4, 0.5) is 5.69 Å². The predicted molar refractivity (Wildman–Crippen MR) is 73.6 cm³/mol. The molecule has 1 atom stereocenters. The van der Waals surface area contributed by atoms with E-state index >= 15 is 0 Å². The molecule has 1 aliphatic heterocycles. The van der Waals surface area contributed by atoms with Crippen LogP contribution in [0.2, 0.25) is 0 Å². The number of carbonyl (C=O) groups is 1. The molecule has 18 heavy (non-hydrogen) atoms. The van der Waals surface area contributed by atoms with Crippen LogP contribution in [0.15, 0.2) is 18.2 Å². The van der Waals surface area contributed by atoms with Crippen LogP contribution in [0.5, 0.6) is 5.75 Å². The molecule has 0 spiro atoms. The zero-order valence-electron chi connectivity index (χ0n) is 10.8. The van der Waals surface area contributed by atoms with Crippen LogP contribution < -0.4 is 9.64 Å². The Bertz CT molecular complexity index is 447. The Morgan fingerprint density at radius 2 is 2.28 bits per heavy atom. The first-order valence-electron chi connectivity index (χ1n) is 6.28. The van der Waals surface area contributed by atoms with E-state index in [1.54, 1.807) is 4.90 Å². The maximum absolute atomic E-state index is 12.0. The normalized spacial score (nSPS) is 16.2. The lowest BCUT2D eigenvalue weighted by atomic mass is 10.1. The highest BCUT2D eigenvalue weighted by molar-refractivity contribution is 6.18. The van der Waals surface area contributed by atoms with Gasteiger partial charge in [-0.05, 0) is 24.0 Å². The predicted octanol–water partition coefficient (Wildman–Crippen LogP) is 2.85. The summed E-state index contributed by atoms with van der Waals surface area (Å²) in [6, 6.07) is 5.95. The number of benzene rings is 1. The topological polar surface area (TPSA) is 29.5 Å². The number of aryl methyl sites for hydroxylation is 1.